The Labute approximate surface area is 114 Å². The minimum atomic E-state index is -3.46. The highest BCUT2D eigenvalue weighted by molar-refractivity contribution is 7.89. The second-order valence-electron chi connectivity index (χ2n) is 5.17. The molecule has 1 aromatic heterocycles. The average Bonchev–Trinajstić information content (AvgIpc) is 2.86. The summed E-state index contributed by atoms with van der Waals surface area (Å²) in [5.41, 5.74) is 0. The van der Waals surface area contributed by atoms with Gasteiger partial charge in [-0.1, -0.05) is 13.8 Å². The topological polar surface area (TPSA) is 68.3 Å². The minimum Gasteiger partial charge on any atom is -0.378 e. The number of pyridine rings is 1. The molecule has 19 heavy (non-hydrogen) atoms. The molecule has 106 valence electrons. The van der Waals surface area contributed by atoms with E-state index in [0.29, 0.717) is 19.1 Å². The molecule has 2 atom stereocenters. The molecule has 5 nitrogen and oxygen atoms in total. The summed E-state index contributed by atoms with van der Waals surface area (Å²) < 4.78 is 32.5. The third-order valence-corrected chi connectivity index (χ3v) is 4.81. The van der Waals surface area contributed by atoms with E-state index in [9.17, 15) is 8.42 Å². The summed E-state index contributed by atoms with van der Waals surface area (Å²) in [4.78, 5) is 4.03. The van der Waals surface area contributed by atoms with Crippen LogP contribution in [-0.2, 0) is 14.8 Å². The van der Waals surface area contributed by atoms with Crippen LogP contribution >= 0.6 is 0 Å². The lowest BCUT2D eigenvalue weighted by molar-refractivity contribution is 0.0551. The lowest BCUT2D eigenvalue weighted by Gasteiger charge is -2.22. The van der Waals surface area contributed by atoms with E-state index in [1.165, 1.54) is 6.20 Å². The van der Waals surface area contributed by atoms with Crippen molar-refractivity contribution in [3.8, 4) is 0 Å². The molecule has 0 saturated carbocycles. The van der Waals surface area contributed by atoms with Crippen LogP contribution in [0, 0.1) is 11.8 Å². The third-order valence-electron chi connectivity index (χ3n) is 3.40. The number of nitrogens with zero attached hydrogens (tertiary/aromatic N) is 1. The quantitative estimate of drug-likeness (QED) is 0.888. The van der Waals surface area contributed by atoms with Crippen LogP contribution in [-0.4, -0.2) is 32.7 Å². The fourth-order valence-electron chi connectivity index (χ4n) is 2.42. The molecule has 0 radical (unpaired) electrons. The van der Waals surface area contributed by atoms with Gasteiger partial charge < -0.3 is 4.74 Å². The molecule has 2 heterocycles. The first-order chi connectivity index (χ1) is 9.00. The van der Waals surface area contributed by atoms with Crippen molar-refractivity contribution in [2.45, 2.75) is 31.3 Å². The fourth-order valence-corrected chi connectivity index (χ4v) is 3.47. The molecule has 1 saturated heterocycles. The summed E-state index contributed by atoms with van der Waals surface area (Å²) in [5, 5.41) is 0. The molecule has 1 N–H and O–H groups in total. The van der Waals surface area contributed by atoms with E-state index >= 15 is 0 Å². The van der Waals surface area contributed by atoms with Gasteiger partial charge in [-0.2, -0.15) is 0 Å². The van der Waals surface area contributed by atoms with Crippen LogP contribution < -0.4 is 4.72 Å². The molecule has 1 fully saturated rings. The molecular formula is C13H20N2O3S. The second-order valence-corrected chi connectivity index (χ2v) is 6.94. The minimum absolute atomic E-state index is 0.136. The molecule has 0 bridgehead atoms. The first-order valence-electron chi connectivity index (χ1n) is 6.52. The zero-order valence-electron chi connectivity index (χ0n) is 11.2. The SMILES string of the molecule is CC(C)[C@@H]1OCC[C@@H]1CNS(=O)(=O)c1cccnc1. The van der Waals surface area contributed by atoms with Crippen LogP contribution in [0.1, 0.15) is 20.3 Å². The van der Waals surface area contributed by atoms with Crippen LogP contribution in [0.25, 0.3) is 0 Å². The van der Waals surface area contributed by atoms with Crippen LogP contribution in [0.3, 0.4) is 0 Å². The van der Waals surface area contributed by atoms with Crippen molar-refractivity contribution in [3.05, 3.63) is 24.5 Å². The summed E-state index contributed by atoms with van der Waals surface area (Å²) in [7, 11) is -3.46. The average molecular weight is 284 g/mol. The van der Waals surface area contributed by atoms with Gasteiger partial charge in [0.15, 0.2) is 0 Å². The summed E-state index contributed by atoms with van der Waals surface area (Å²) in [6.45, 7) is 5.32. The molecule has 0 amide bonds. The standard InChI is InChI=1S/C13H20N2O3S/c1-10(2)13-11(5-7-18-13)8-15-19(16,17)12-4-3-6-14-9-12/h3-4,6,9-11,13,15H,5,7-8H2,1-2H3/t11-,13+/m1/s1. The van der Waals surface area contributed by atoms with Gasteiger partial charge >= 0.3 is 0 Å². The molecule has 6 heteroatoms. The molecule has 1 aliphatic rings. The van der Waals surface area contributed by atoms with Crippen molar-refractivity contribution in [1.82, 2.24) is 9.71 Å². The zero-order valence-corrected chi connectivity index (χ0v) is 12.1. The van der Waals surface area contributed by atoms with Gasteiger partial charge in [0.2, 0.25) is 10.0 Å². The van der Waals surface area contributed by atoms with Gasteiger partial charge in [0.1, 0.15) is 4.90 Å². The maximum Gasteiger partial charge on any atom is 0.242 e. The van der Waals surface area contributed by atoms with Gasteiger partial charge in [-0.3, -0.25) is 4.98 Å². The van der Waals surface area contributed by atoms with Crippen LogP contribution in [0.2, 0.25) is 0 Å². The molecule has 1 aromatic rings. The predicted octanol–water partition coefficient (Wildman–Crippen LogP) is 1.42. The number of ether oxygens (including phenoxy) is 1. The lowest BCUT2D eigenvalue weighted by Crippen LogP contribution is -2.34. The zero-order chi connectivity index (χ0) is 13.9. The van der Waals surface area contributed by atoms with Crippen molar-refractivity contribution >= 4 is 10.0 Å². The van der Waals surface area contributed by atoms with E-state index in [0.717, 1.165) is 6.42 Å². The Morgan fingerprint density at radius 3 is 2.95 bits per heavy atom. The number of hydrogen-bond donors (Lipinski definition) is 1. The van der Waals surface area contributed by atoms with Crippen molar-refractivity contribution in [2.75, 3.05) is 13.2 Å². The number of rotatable bonds is 5. The van der Waals surface area contributed by atoms with Crippen molar-refractivity contribution in [2.24, 2.45) is 11.8 Å². The Hall–Kier alpha value is -0.980. The Morgan fingerprint density at radius 2 is 2.32 bits per heavy atom. The molecule has 0 unspecified atom stereocenters. The number of hydrogen-bond acceptors (Lipinski definition) is 4. The second kappa shape index (κ2) is 5.98. The summed E-state index contributed by atoms with van der Waals surface area (Å²) in [5.74, 6) is 0.641. The van der Waals surface area contributed by atoms with Gasteiger partial charge in [0, 0.05) is 31.5 Å². The van der Waals surface area contributed by atoms with E-state index in [1.54, 1.807) is 18.3 Å². The maximum atomic E-state index is 12.1. The Balaban J connectivity index is 1.99. The Kier molecular flexibility index (Phi) is 4.54. The van der Waals surface area contributed by atoms with Gasteiger partial charge in [-0.05, 0) is 24.5 Å². The summed E-state index contributed by atoms with van der Waals surface area (Å²) in [6, 6.07) is 3.16. The van der Waals surface area contributed by atoms with Crippen LogP contribution in [0.4, 0.5) is 0 Å². The Bertz CT molecular complexity index is 502. The first kappa shape index (κ1) is 14.4. The number of sulfonamides is 1. The number of nitrogens with one attached hydrogen (secondary N) is 1. The molecule has 2 rings (SSSR count). The van der Waals surface area contributed by atoms with Gasteiger partial charge in [-0.15, -0.1) is 0 Å². The molecule has 0 aliphatic carbocycles. The predicted molar refractivity (Wildman–Crippen MR) is 72.1 cm³/mol. The summed E-state index contributed by atoms with van der Waals surface area (Å²) >= 11 is 0. The molecule has 0 aromatic carbocycles. The smallest absolute Gasteiger partial charge is 0.242 e. The van der Waals surface area contributed by atoms with Gasteiger partial charge in [0.05, 0.1) is 6.10 Å². The highest BCUT2D eigenvalue weighted by Crippen LogP contribution is 2.26. The first-order valence-corrected chi connectivity index (χ1v) is 8.00. The Morgan fingerprint density at radius 1 is 1.53 bits per heavy atom. The molecule has 0 spiro atoms. The van der Waals surface area contributed by atoms with Crippen molar-refractivity contribution < 1.29 is 13.2 Å². The van der Waals surface area contributed by atoms with E-state index in [-0.39, 0.29) is 16.9 Å². The molecule has 1 aliphatic heterocycles. The lowest BCUT2D eigenvalue weighted by atomic mass is 9.93. The highest BCUT2D eigenvalue weighted by atomic mass is 32.2. The molecular weight excluding hydrogens is 264 g/mol. The summed E-state index contributed by atoms with van der Waals surface area (Å²) in [6.07, 6.45) is 3.95. The van der Waals surface area contributed by atoms with Gasteiger partial charge in [-0.25, -0.2) is 13.1 Å². The highest BCUT2D eigenvalue weighted by Gasteiger charge is 2.31. The third kappa shape index (κ3) is 3.52. The fraction of sp³-hybridized carbons (Fsp3) is 0.615. The maximum absolute atomic E-state index is 12.1. The van der Waals surface area contributed by atoms with Crippen molar-refractivity contribution in [3.63, 3.8) is 0 Å². The van der Waals surface area contributed by atoms with Crippen LogP contribution in [0.15, 0.2) is 29.4 Å². The van der Waals surface area contributed by atoms with Gasteiger partial charge in [0.25, 0.3) is 0 Å². The van der Waals surface area contributed by atoms with E-state index in [4.69, 9.17) is 4.74 Å². The van der Waals surface area contributed by atoms with Crippen LogP contribution in [0.5, 0.6) is 0 Å². The largest absolute Gasteiger partial charge is 0.378 e. The number of aromatic nitrogens is 1. The van der Waals surface area contributed by atoms with Crippen molar-refractivity contribution in [1.29, 1.82) is 0 Å². The van der Waals surface area contributed by atoms with E-state index < -0.39 is 10.0 Å². The van der Waals surface area contributed by atoms with E-state index in [1.807, 2.05) is 0 Å². The monoisotopic (exact) mass is 284 g/mol. The van der Waals surface area contributed by atoms with E-state index in [2.05, 4.69) is 23.6 Å². The normalized spacial score (nSPS) is 23.9.